The number of rotatable bonds is 3. The van der Waals surface area contributed by atoms with Gasteiger partial charge in [-0.25, -0.2) is 0 Å². The van der Waals surface area contributed by atoms with Crippen molar-refractivity contribution in [1.29, 1.82) is 0 Å². The van der Waals surface area contributed by atoms with Gasteiger partial charge in [-0.3, -0.25) is 0 Å². The summed E-state index contributed by atoms with van der Waals surface area (Å²) in [7, 11) is 1.83. The van der Waals surface area contributed by atoms with Gasteiger partial charge in [0.15, 0.2) is 0 Å². The molecule has 0 saturated carbocycles. The summed E-state index contributed by atoms with van der Waals surface area (Å²) in [4.78, 5) is 2.56. The van der Waals surface area contributed by atoms with Crippen LogP contribution in [0.25, 0.3) is 0 Å². The molecule has 4 heteroatoms. The molecule has 1 unspecified atom stereocenters. The Morgan fingerprint density at radius 3 is 2.87 bits per heavy atom. The molecule has 3 nitrogen and oxygen atoms in total. The molecule has 0 spiro atoms. The number of hydrogen-bond acceptors (Lipinski definition) is 3. The van der Waals surface area contributed by atoms with Crippen molar-refractivity contribution in [1.82, 2.24) is 10.2 Å². The molecule has 0 aromatic heterocycles. The predicted molar refractivity (Wildman–Crippen MR) is 64.7 cm³/mol. The van der Waals surface area contributed by atoms with Crippen LogP contribution in [0.4, 0.5) is 0 Å². The molecule has 0 radical (unpaired) electrons. The maximum absolute atomic E-state index is 5.38. The third kappa shape index (κ3) is 3.31. The van der Waals surface area contributed by atoms with Gasteiger partial charge in [-0.1, -0.05) is 6.92 Å². The smallest absolute Gasteiger partial charge is 0.0710 e. The summed E-state index contributed by atoms with van der Waals surface area (Å²) in [5, 5.41) is 3.45. The molecule has 0 bridgehead atoms. The second-order valence-corrected chi connectivity index (χ2v) is 5.12. The first-order valence-corrected chi connectivity index (χ1v) is 5.68. The lowest BCUT2D eigenvalue weighted by molar-refractivity contribution is 0.101. The molecule has 2 fully saturated rings. The van der Waals surface area contributed by atoms with Gasteiger partial charge in [0.2, 0.25) is 0 Å². The highest BCUT2D eigenvalue weighted by Crippen LogP contribution is 2.27. The van der Waals surface area contributed by atoms with Crippen molar-refractivity contribution < 1.29 is 4.74 Å². The van der Waals surface area contributed by atoms with E-state index in [2.05, 4.69) is 17.1 Å². The Bertz CT molecular complexity index is 195. The van der Waals surface area contributed by atoms with E-state index in [1.54, 1.807) is 0 Å². The Labute approximate surface area is 99.0 Å². The highest BCUT2D eigenvalue weighted by atomic mass is 35.5. The number of nitrogens with one attached hydrogen (secondary N) is 1. The first-order valence-electron chi connectivity index (χ1n) is 5.68. The monoisotopic (exact) mass is 234 g/mol. The third-order valence-corrected chi connectivity index (χ3v) is 3.62. The molecule has 1 N–H and O–H groups in total. The van der Waals surface area contributed by atoms with Crippen LogP contribution in [0.1, 0.15) is 19.8 Å². The van der Waals surface area contributed by atoms with Crippen LogP contribution in [0.2, 0.25) is 0 Å². The summed E-state index contributed by atoms with van der Waals surface area (Å²) in [5.41, 5.74) is 0.503. The van der Waals surface area contributed by atoms with Crippen molar-refractivity contribution in [2.24, 2.45) is 5.41 Å². The molecule has 90 valence electrons. The Hall–Kier alpha value is 0.170. The van der Waals surface area contributed by atoms with Crippen LogP contribution in [0.15, 0.2) is 0 Å². The van der Waals surface area contributed by atoms with Gasteiger partial charge >= 0.3 is 0 Å². The third-order valence-electron chi connectivity index (χ3n) is 3.62. The molecule has 2 atom stereocenters. The zero-order valence-corrected chi connectivity index (χ0v) is 10.6. The van der Waals surface area contributed by atoms with Crippen LogP contribution in [0.5, 0.6) is 0 Å². The lowest BCUT2D eigenvalue weighted by atomic mass is 9.89. The summed E-state index contributed by atoms with van der Waals surface area (Å²) in [5.74, 6) is 0. The maximum atomic E-state index is 5.38. The summed E-state index contributed by atoms with van der Waals surface area (Å²) >= 11 is 0. The lowest BCUT2D eigenvalue weighted by Gasteiger charge is -2.28. The number of halogens is 1. The number of ether oxygens (including phenoxy) is 1. The number of hydrogen-bond donors (Lipinski definition) is 1. The minimum absolute atomic E-state index is 0. The molecule has 2 aliphatic rings. The fraction of sp³-hybridized carbons (Fsp3) is 1.00. The Morgan fingerprint density at radius 2 is 2.33 bits per heavy atom. The number of likely N-dealkylation sites (tertiary alicyclic amines) is 1. The van der Waals surface area contributed by atoms with Crippen molar-refractivity contribution in [3.05, 3.63) is 0 Å². The molecule has 15 heavy (non-hydrogen) atoms. The molecule has 0 amide bonds. The Balaban J connectivity index is 0.00000112. The predicted octanol–water partition coefficient (Wildman–Crippen LogP) is 1.13. The maximum Gasteiger partial charge on any atom is 0.0710 e. The van der Waals surface area contributed by atoms with E-state index in [-0.39, 0.29) is 12.4 Å². The van der Waals surface area contributed by atoms with Crippen molar-refractivity contribution in [3.63, 3.8) is 0 Å². The lowest BCUT2D eigenvalue weighted by Crippen LogP contribution is -2.36. The summed E-state index contributed by atoms with van der Waals surface area (Å²) < 4.78 is 5.38. The second-order valence-electron chi connectivity index (χ2n) is 5.12. The van der Waals surface area contributed by atoms with Crippen molar-refractivity contribution in [2.45, 2.75) is 25.9 Å². The Morgan fingerprint density at radius 1 is 1.53 bits per heavy atom. The standard InChI is InChI=1S/C11H22N2O.ClH/c1-11(4-5-12-8-11)9-13-6-3-10(7-13)14-2;/h10,12H,3-9H2,1-2H3;1H/t10-,11?;/m0./s1. The zero-order valence-electron chi connectivity index (χ0n) is 9.79. The van der Waals surface area contributed by atoms with Gasteiger partial charge in [-0.2, -0.15) is 0 Å². The molecule has 0 aromatic rings. The van der Waals surface area contributed by atoms with Crippen molar-refractivity contribution in [2.75, 3.05) is 39.8 Å². The van der Waals surface area contributed by atoms with Crippen LogP contribution >= 0.6 is 12.4 Å². The minimum atomic E-state index is 0. The van der Waals surface area contributed by atoms with E-state index < -0.39 is 0 Å². The second kappa shape index (κ2) is 5.48. The van der Waals surface area contributed by atoms with Gasteiger partial charge in [0.25, 0.3) is 0 Å². The van der Waals surface area contributed by atoms with Gasteiger partial charge in [0.1, 0.15) is 0 Å². The molecule has 2 saturated heterocycles. The summed E-state index contributed by atoms with van der Waals surface area (Å²) in [6, 6.07) is 0. The van der Waals surface area contributed by atoms with E-state index in [9.17, 15) is 0 Å². The van der Waals surface area contributed by atoms with Gasteiger partial charge in [0.05, 0.1) is 6.10 Å². The van der Waals surface area contributed by atoms with Crippen LogP contribution in [0.3, 0.4) is 0 Å². The average Bonchev–Trinajstić information content (AvgIpc) is 2.75. The fourth-order valence-corrected chi connectivity index (χ4v) is 2.68. The van der Waals surface area contributed by atoms with Crippen LogP contribution < -0.4 is 5.32 Å². The Kier molecular flexibility index (Phi) is 4.84. The molecular formula is C11H23ClN2O. The molecular weight excluding hydrogens is 212 g/mol. The van der Waals surface area contributed by atoms with Crippen molar-refractivity contribution >= 4 is 12.4 Å². The average molecular weight is 235 g/mol. The fourth-order valence-electron chi connectivity index (χ4n) is 2.68. The van der Waals surface area contributed by atoms with Crippen LogP contribution in [-0.2, 0) is 4.74 Å². The summed E-state index contributed by atoms with van der Waals surface area (Å²) in [6.45, 7) is 8.35. The summed E-state index contributed by atoms with van der Waals surface area (Å²) in [6.07, 6.45) is 3.01. The highest BCUT2D eigenvalue weighted by molar-refractivity contribution is 5.85. The van der Waals surface area contributed by atoms with E-state index in [1.807, 2.05) is 7.11 Å². The van der Waals surface area contributed by atoms with Gasteiger partial charge in [0, 0.05) is 33.3 Å². The molecule has 0 aliphatic carbocycles. The van der Waals surface area contributed by atoms with E-state index in [4.69, 9.17) is 4.74 Å². The van der Waals surface area contributed by atoms with E-state index in [0.29, 0.717) is 11.5 Å². The van der Waals surface area contributed by atoms with E-state index in [0.717, 1.165) is 6.54 Å². The number of methoxy groups -OCH3 is 1. The largest absolute Gasteiger partial charge is 0.380 e. The van der Waals surface area contributed by atoms with Crippen LogP contribution in [0, 0.1) is 5.41 Å². The molecule has 2 heterocycles. The zero-order chi connectivity index (χ0) is 10.0. The van der Waals surface area contributed by atoms with E-state index in [1.165, 1.54) is 39.0 Å². The van der Waals surface area contributed by atoms with Gasteiger partial charge in [-0.15, -0.1) is 12.4 Å². The SMILES string of the molecule is CO[C@H]1CCN(CC2(C)CCNC2)C1.Cl. The quantitative estimate of drug-likeness (QED) is 0.793. The molecule has 0 aromatic carbocycles. The molecule has 2 rings (SSSR count). The van der Waals surface area contributed by atoms with Crippen molar-refractivity contribution in [3.8, 4) is 0 Å². The van der Waals surface area contributed by atoms with E-state index >= 15 is 0 Å². The van der Waals surface area contributed by atoms with Crippen LogP contribution in [-0.4, -0.2) is 50.8 Å². The minimum Gasteiger partial charge on any atom is -0.380 e. The number of nitrogens with zero attached hydrogens (tertiary/aromatic N) is 1. The molecule has 2 aliphatic heterocycles. The first kappa shape index (κ1) is 13.2. The topological polar surface area (TPSA) is 24.5 Å². The highest BCUT2D eigenvalue weighted by Gasteiger charge is 2.33. The normalized spacial score (nSPS) is 36.8. The van der Waals surface area contributed by atoms with Gasteiger partial charge in [-0.05, 0) is 24.8 Å². The van der Waals surface area contributed by atoms with Gasteiger partial charge < -0.3 is 15.0 Å². The first-order chi connectivity index (χ1) is 6.72.